The molecule has 1 amide bonds. The van der Waals surface area contributed by atoms with E-state index < -0.39 is 11.4 Å². The summed E-state index contributed by atoms with van der Waals surface area (Å²) in [6.45, 7) is 6.62. The van der Waals surface area contributed by atoms with Crippen LogP contribution >= 0.6 is 0 Å². The molecule has 1 heterocycles. The van der Waals surface area contributed by atoms with Crippen LogP contribution in [0.2, 0.25) is 0 Å². The van der Waals surface area contributed by atoms with Gasteiger partial charge in [0.1, 0.15) is 6.61 Å². The van der Waals surface area contributed by atoms with E-state index in [0.717, 1.165) is 5.56 Å². The average Bonchev–Trinajstić information content (AvgIpc) is 2.65. The number of piperidine rings is 1. The van der Waals surface area contributed by atoms with Crippen LogP contribution in [0.5, 0.6) is 11.5 Å². The number of carboxylic acid groups (broad SMARTS) is 1. The van der Waals surface area contributed by atoms with Crippen molar-refractivity contribution >= 4 is 18.0 Å². The van der Waals surface area contributed by atoms with E-state index in [2.05, 4.69) is 6.58 Å². The Kier molecular flexibility index (Phi) is 6.44. The standard InChI is InChI=1S/C20H25NO5/c1-4-13-26-16-7-5-15(14-17(16)25-3)6-8-18(22)21-11-9-20(2,10-12-21)19(23)24/h4-8,14H,1,9-13H2,2-3H3,(H,23,24). The lowest BCUT2D eigenvalue weighted by Gasteiger charge is -2.35. The van der Waals surface area contributed by atoms with Gasteiger partial charge in [0.25, 0.3) is 0 Å². The largest absolute Gasteiger partial charge is 0.493 e. The van der Waals surface area contributed by atoms with Crippen LogP contribution in [-0.2, 0) is 9.59 Å². The van der Waals surface area contributed by atoms with Crippen LogP contribution in [0.25, 0.3) is 6.08 Å². The summed E-state index contributed by atoms with van der Waals surface area (Å²) in [5.74, 6) is 0.269. The number of hydrogen-bond acceptors (Lipinski definition) is 4. The lowest BCUT2D eigenvalue weighted by Crippen LogP contribution is -2.44. The third kappa shape index (κ3) is 4.65. The smallest absolute Gasteiger partial charge is 0.309 e. The van der Waals surface area contributed by atoms with Crippen LogP contribution in [0.15, 0.2) is 36.9 Å². The molecular weight excluding hydrogens is 334 g/mol. The topological polar surface area (TPSA) is 76.1 Å². The molecule has 0 bridgehead atoms. The second kappa shape index (κ2) is 8.56. The number of methoxy groups -OCH3 is 1. The molecule has 1 saturated heterocycles. The summed E-state index contributed by atoms with van der Waals surface area (Å²) < 4.78 is 10.8. The highest BCUT2D eigenvalue weighted by molar-refractivity contribution is 5.92. The molecule has 2 rings (SSSR count). The Morgan fingerprint density at radius 2 is 2.00 bits per heavy atom. The van der Waals surface area contributed by atoms with Crippen LogP contribution < -0.4 is 9.47 Å². The Morgan fingerprint density at radius 1 is 1.31 bits per heavy atom. The van der Waals surface area contributed by atoms with E-state index in [1.807, 2.05) is 6.07 Å². The number of nitrogens with zero attached hydrogens (tertiary/aromatic N) is 1. The minimum absolute atomic E-state index is 0.122. The quantitative estimate of drug-likeness (QED) is 0.598. The summed E-state index contributed by atoms with van der Waals surface area (Å²) in [5.41, 5.74) is 0.0725. The van der Waals surface area contributed by atoms with Gasteiger partial charge in [0.15, 0.2) is 11.5 Å². The van der Waals surface area contributed by atoms with E-state index in [1.54, 1.807) is 43.2 Å². The van der Waals surface area contributed by atoms with Crippen molar-refractivity contribution in [1.29, 1.82) is 0 Å². The normalized spacial score (nSPS) is 16.3. The van der Waals surface area contributed by atoms with Crippen molar-refractivity contribution in [3.8, 4) is 11.5 Å². The molecule has 0 radical (unpaired) electrons. The molecule has 1 aliphatic heterocycles. The van der Waals surface area contributed by atoms with Gasteiger partial charge in [-0.25, -0.2) is 0 Å². The summed E-state index contributed by atoms with van der Waals surface area (Å²) in [6.07, 6.45) is 5.80. The predicted molar refractivity (Wildman–Crippen MR) is 99.3 cm³/mol. The minimum Gasteiger partial charge on any atom is -0.493 e. The molecule has 6 nitrogen and oxygen atoms in total. The van der Waals surface area contributed by atoms with E-state index in [-0.39, 0.29) is 5.91 Å². The van der Waals surface area contributed by atoms with E-state index >= 15 is 0 Å². The summed E-state index contributed by atoms with van der Waals surface area (Å²) >= 11 is 0. The number of benzene rings is 1. The van der Waals surface area contributed by atoms with Crippen molar-refractivity contribution in [2.75, 3.05) is 26.8 Å². The minimum atomic E-state index is -0.800. The summed E-state index contributed by atoms with van der Waals surface area (Å²) in [4.78, 5) is 25.3. The number of carbonyl (C=O) groups is 2. The van der Waals surface area contributed by atoms with Crippen molar-refractivity contribution in [1.82, 2.24) is 4.90 Å². The maximum atomic E-state index is 12.3. The summed E-state index contributed by atoms with van der Waals surface area (Å²) in [7, 11) is 1.56. The SMILES string of the molecule is C=CCOc1ccc(C=CC(=O)N2CCC(C)(C(=O)O)CC2)cc1OC. The lowest BCUT2D eigenvalue weighted by molar-refractivity contribution is -0.152. The maximum Gasteiger partial charge on any atom is 0.309 e. The maximum absolute atomic E-state index is 12.3. The third-order valence-corrected chi connectivity index (χ3v) is 4.66. The first-order valence-electron chi connectivity index (χ1n) is 8.52. The van der Waals surface area contributed by atoms with Crippen molar-refractivity contribution in [2.24, 2.45) is 5.41 Å². The summed E-state index contributed by atoms with van der Waals surface area (Å²) in [6, 6.07) is 5.41. The number of likely N-dealkylation sites (tertiary alicyclic amines) is 1. The van der Waals surface area contributed by atoms with Crippen LogP contribution in [0.1, 0.15) is 25.3 Å². The van der Waals surface area contributed by atoms with Gasteiger partial charge in [-0.15, -0.1) is 0 Å². The molecule has 0 saturated carbocycles. The average molecular weight is 359 g/mol. The number of hydrogen-bond donors (Lipinski definition) is 1. The van der Waals surface area contributed by atoms with Crippen molar-refractivity contribution < 1.29 is 24.2 Å². The van der Waals surface area contributed by atoms with Crippen LogP contribution in [0, 0.1) is 5.41 Å². The van der Waals surface area contributed by atoms with Gasteiger partial charge < -0.3 is 19.5 Å². The fourth-order valence-electron chi connectivity index (χ4n) is 2.76. The van der Waals surface area contributed by atoms with Crippen LogP contribution in [-0.4, -0.2) is 48.7 Å². The number of amides is 1. The van der Waals surface area contributed by atoms with E-state index in [9.17, 15) is 14.7 Å². The highest BCUT2D eigenvalue weighted by atomic mass is 16.5. The Hall–Kier alpha value is -2.76. The van der Waals surface area contributed by atoms with Gasteiger partial charge in [-0.05, 0) is 43.5 Å². The molecule has 0 aromatic heterocycles. The molecule has 1 aromatic carbocycles. The summed E-state index contributed by atoms with van der Waals surface area (Å²) in [5, 5.41) is 9.26. The first-order chi connectivity index (χ1) is 12.4. The first-order valence-corrected chi connectivity index (χ1v) is 8.52. The Morgan fingerprint density at radius 3 is 2.58 bits per heavy atom. The molecule has 140 valence electrons. The first kappa shape index (κ1) is 19.6. The highest BCUT2D eigenvalue weighted by Crippen LogP contribution is 2.31. The predicted octanol–water partition coefficient (Wildman–Crippen LogP) is 2.99. The molecule has 1 aromatic rings. The van der Waals surface area contributed by atoms with Gasteiger partial charge in [-0.1, -0.05) is 18.7 Å². The fraction of sp³-hybridized carbons (Fsp3) is 0.400. The highest BCUT2D eigenvalue weighted by Gasteiger charge is 2.37. The van der Waals surface area contributed by atoms with Crippen molar-refractivity contribution in [3.05, 3.63) is 42.5 Å². The van der Waals surface area contributed by atoms with Gasteiger partial charge in [-0.3, -0.25) is 9.59 Å². The molecular formula is C20H25NO5. The van der Waals surface area contributed by atoms with Gasteiger partial charge in [0, 0.05) is 19.2 Å². The van der Waals surface area contributed by atoms with Crippen LogP contribution in [0.3, 0.4) is 0 Å². The van der Waals surface area contributed by atoms with E-state index in [1.165, 1.54) is 6.08 Å². The number of aliphatic carboxylic acids is 1. The molecule has 0 spiro atoms. The molecule has 1 fully saturated rings. The van der Waals surface area contributed by atoms with Gasteiger partial charge in [-0.2, -0.15) is 0 Å². The zero-order valence-electron chi connectivity index (χ0n) is 15.2. The Labute approximate surface area is 153 Å². The molecule has 1 N–H and O–H groups in total. The number of carbonyl (C=O) groups excluding carboxylic acids is 1. The molecule has 1 aliphatic rings. The molecule has 6 heteroatoms. The van der Waals surface area contributed by atoms with Crippen LogP contribution in [0.4, 0.5) is 0 Å². The Balaban J connectivity index is 2.00. The van der Waals surface area contributed by atoms with E-state index in [4.69, 9.17) is 9.47 Å². The number of carboxylic acids is 1. The van der Waals surface area contributed by atoms with Crippen molar-refractivity contribution in [2.45, 2.75) is 19.8 Å². The van der Waals surface area contributed by atoms with Crippen molar-refractivity contribution in [3.63, 3.8) is 0 Å². The molecule has 0 aliphatic carbocycles. The van der Waals surface area contributed by atoms with Gasteiger partial charge in [0.05, 0.1) is 12.5 Å². The number of ether oxygens (including phenoxy) is 2. The number of rotatable bonds is 7. The lowest BCUT2D eigenvalue weighted by atomic mass is 9.80. The second-order valence-electron chi connectivity index (χ2n) is 6.53. The zero-order chi connectivity index (χ0) is 19.2. The fourth-order valence-corrected chi connectivity index (χ4v) is 2.76. The molecule has 0 atom stereocenters. The molecule has 0 unspecified atom stereocenters. The molecule has 26 heavy (non-hydrogen) atoms. The Bertz CT molecular complexity index is 702. The third-order valence-electron chi connectivity index (χ3n) is 4.66. The van der Waals surface area contributed by atoms with Gasteiger partial charge in [0.2, 0.25) is 5.91 Å². The van der Waals surface area contributed by atoms with E-state index in [0.29, 0.717) is 44.0 Å². The van der Waals surface area contributed by atoms with Gasteiger partial charge >= 0.3 is 5.97 Å². The monoisotopic (exact) mass is 359 g/mol. The zero-order valence-corrected chi connectivity index (χ0v) is 15.2. The second-order valence-corrected chi connectivity index (χ2v) is 6.53.